The highest BCUT2D eigenvalue weighted by Crippen LogP contribution is 2.40. The number of hydrogen-bond donors (Lipinski definition) is 1. The van der Waals surface area contributed by atoms with E-state index in [4.69, 9.17) is 9.47 Å². The molecule has 2 aromatic heterocycles. The van der Waals surface area contributed by atoms with E-state index in [9.17, 15) is 4.79 Å². The van der Waals surface area contributed by atoms with Crippen LogP contribution in [0, 0.1) is 6.92 Å². The van der Waals surface area contributed by atoms with Crippen molar-refractivity contribution in [3.05, 3.63) is 71.5 Å². The molecule has 1 aliphatic heterocycles. The smallest absolute Gasteiger partial charge is 0.272 e. The van der Waals surface area contributed by atoms with Crippen LogP contribution in [0.5, 0.6) is 11.5 Å². The molecule has 1 aliphatic rings. The van der Waals surface area contributed by atoms with Crippen molar-refractivity contribution in [1.29, 1.82) is 0 Å². The molecule has 0 aliphatic carbocycles. The Hall–Kier alpha value is -4.27. The van der Waals surface area contributed by atoms with Crippen LogP contribution in [-0.2, 0) is 4.79 Å². The van der Waals surface area contributed by atoms with Gasteiger partial charge in [0.15, 0.2) is 0 Å². The van der Waals surface area contributed by atoms with Crippen LogP contribution in [0.4, 0.5) is 5.82 Å². The maximum atomic E-state index is 12.7. The van der Waals surface area contributed by atoms with Gasteiger partial charge in [0.1, 0.15) is 17.3 Å². The number of carbonyl (C=O) groups is 1. The largest absolute Gasteiger partial charge is 0.497 e. The summed E-state index contributed by atoms with van der Waals surface area (Å²) in [6, 6.07) is 15.3. The Kier molecular flexibility index (Phi) is 5.21. The number of nitrogens with one attached hydrogen (secondary N) is 1. The highest BCUT2D eigenvalue weighted by atomic mass is 16.5. The first-order valence-corrected chi connectivity index (χ1v) is 10.4. The molecule has 0 bridgehead atoms. The van der Waals surface area contributed by atoms with Crippen molar-refractivity contribution >= 4 is 11.7 Å². The van der Waals surface area contributed by atoms with E-state index in [1.54, 1.807) is 25.1 Å². The molecule has 0 fully saturated rings. The average Bonchev–Trinajstić information content (AvgIpc) is 3.19. The second-order valence-corrected chi connectivity index (χ2v) is 7.71. The van der Waals surface area contributed by atoms with Gasteiger partial charge in [-0.2, -0.15) is 14.9 Å². The fourth-order valence-electron chi connectivity index (χ4n) is 4.12. The number of amides is 1. The summed E-state index contributed by atoms with van der Waals surface area (Å²) >= 11 is 0. The molecule has 5 rings (SSSR count). The predicted molar refractivity (Wildman–Crippen MR) is 122 cm³/mol. The summed E-state index contributed by atoms with van der Waals surface area (Å²) in [4.78, 5) is 17.3. The van der Waals surface area contributed by atoms with Crippen LogP contribution < -0.4 is 14.8 Å². The topological polar surface area (TPSA) is 104 Å². The Bertz CT molecular complexity index is 1330. The average molecular weight is 442 g/mol. The molecule has 3 heterocycles. The Morgan fingerprint density at radius 3 is 2.61 bits per heavy atom. The number of nitrogens with zero attached hydrogens (tertiary/aromatic N) is 5. The van der Waals surface area contributed by atoms with Crippen molar-refractivity contribution < 1.29 is 14.3 Å². The number of carbonyl (C=O) groups excluding carboxylic acids is 1. The Balaban J connectivity index is 1.58. The van der Waals surface area contributed by atoms with Crippen LogP contribution >= 0.6 is 0 Å². The molecular weight excluding hydrogens is 420 g/mol. The van der Waals surface area contributed by atoms with E-state index in [1.165, 1.54) is 0 Å². The second-order valence-electron chi connectivity index (χ2n) is 7.71. The van der Waals surface area contributed by atoms with Gasteiger partial charge in [-0.3, -0.25) is 4.79 Å². The number of anilines is 1. The second kappa shape index (κ2) is 8.34. The molecule has 1 amide bonds. The zero-order chi connectivity index (χ0) is 22.9. The molecular formula is C24H22N6O3. The lowest BCUT2D eigenvalue weighted by Crippen LogP contribution is -2.25. The SMILES string of the molecule is COc1ccc(-c2cnnc(-n3nc(C)c4c3NC(=O)C[C@H]4c3cccc(OC)c3)n2)cc1. The van der Waals surface area contributed by atoms with Crippen LogP contribution in [0.2, 0.25) is 0 Å². The number of benzene rings is 2. The maximum absolute atomic E-state index is 12.7. The van der Waals surface area contributed by atoms with Crippen LogP contribution in [0.1, 0.15) is 29.2 Å². The Morgan fingerprint density at radius 2 is 1.85 bits per heavy atom. The lowest BCUT2D eigenvalue weighted by atomic mass is 9.86. The van der Waals surface area contributed by atoms with Gasteiger partial charge in [0.05, 0.1) is 31.8 Å². The van der Waals surface area contributed by atoms with Crippen LogP contribution in [-0.4, -0.2) is 45.1 Å². The van der Waals surface area contributed by atoms with Gasteiger partial charge in [0.25, 0.3) is 5.95 Å². The highest BCUT2D eigenvalue weighted by molar-refractivity contribution is 5.95. The van der Waals surface area contributed by atoms with Gasteiger partial charge in [0.2, 0.25) is 5.91 Å². The number of methoxy groups -OCH3 is 2. The minimum atomic E-state index is -0.157. The first-order chi connectivity index (χ1) is 16.1. The summed E-state index contributed by atoms with van der Waals surface area (Å²) in [5.41, 5.74) is 4.20. The number of aryl methyl sites for hydroxylation is 1. The standard InChI is InChI=1S/C24H22N6O3/c1-14-22-19(16-5-4-6-18(11-16)33-3)12-21(31)27-23(22)30(29-14)24-26-20(13-25-28-24)15-7-9-17(32-2)10-8-15/h4-11,13,19H,12H2,1-3H3,(H,27,31)/t19-/m0/s1. The normalized spacial score (nSPS) is 15.0. The number of fused-ring (bicyclic) bond motifs is 1. The summed E-state index contributed by atoms with van der Waals surface area (Å²) in [7, 11) is 3.25. The minimum Gasteiger partial charge on any atom is -0.497 e. The fourth-order valence-corrected chi connectivity index (χ4v) is 4.12. The van der Waals surface area contributed by atoms with Gasteiger partial charge in [-0.25, -0.2) is 4.98 Å². The Morgan fingerprint density at radius 1 is 1.06 bits per heavy atom. The van der Waals surface area contributed by atoms with Gasteiger partial charge >= 0.3 is 0 Å². The number of hydrogen-bond acceptors (Lipinski definition) is 7. The lowest BCUT2D eigenvalue weighted by Gasteiger charge is -2.24. The molecule has 0 saturated carbocycles. The van der Waals surface area contributed by atoms with Crippen LogP contribution in [0.3, 0.4) is 0 Å². The van der Waals surface area contributed by atoms with Gasteiger partial charge in [-0.05, 0) is 48.9 Å². The van der Waals surface area contributed by atoms with Crippen molar-refractivity contribution in [3.8, 4) is 28.7 Å². The van der Waals surface area contributed by atoms with E-state index in [0.29, 0.717) is 17.9 Å². The molecule has 33 heavy (non-hydrogen) atoms. The molecule has 2 aromatic carbocycles. The highest BCUT2D eigenvalue weighted by Gasteiger charge is 2.33. The summed E-state index contributed by atoms with van der Waals surface area (Å²) in [6.45, 7) is 1.92. The van der Waals surface area contributed by atoms with Crippen molar-refractivity contribution in [1.82, 2.24) is 25.0 Å². The molecule has 9 nitrogen and oxygen atoms in total. The Labute approximate surface area is 190 Å². The molecule has 1 N–H and O–H groups in total. The third kappa shape index (κ3) is 3.78. The first-order valence-electron chi connectivity index (χ1n) is 10.4. The third-order valence-electron chi connectivity index (χ3n) is 5.72. The van der Waals surface area contributed by atoms with Crippen molar-refractivity contribution in [2.24, 2.45) is 0 Å². The van der Waals surface area contributed by atoms with Crippen molar-refractivity contribution in [2.45, 2.75) is 19.3 Å². The van der Waals surface area contributed by atoms with Gasteiger partial charge < -0.3 is 14.8 Å². The van der Waals surface area contributed by atoms with E-state index >= 15 is 0 Å². The zero-order valence-corrected chi connectivity index (χ0v) is 18.4. The number of aromatic nitrogens is 5. The minimum absolute atomic E-state index is 0.101. The molecule has 166 valence electrons. The number of ether oxygens (including phenoxy) is 2. The lowest BCUT2D eigenvalue weighted by molar-refractivity contribution is -0.116. The van der Waals surface area contributed by atoms with Crippen LogP contribution in [0.15, 0.2) is 54.7 Å². The molecule has 9 heteroatoms. The maximum Gasteiger partial charge on any atom is 0.272 e. The first kappa shape index (κ1) is 20.6. The molecule has 1 atom stereocenters. The number of rotatable bonds is 5. The van der Waals surface area contributed by atoms with Crippen LogP contribution in [0.25, 0.3) is 17.2 Å². The van der Waals surface area contributed by atoms with E-state index in [1.807, 2.05) is 55.5 Å². The van der Waals surface area contributed by atoms with Crippen molar-refractivity contribution in [2.75, 3.05) is 19.5 Å². The van der Waals surface area contributed by atoms with Crippen molar-refractivity contribution in [3.63, 3.8) is 0 Å². The zero-order valence-electron chi connectivity index (χ0n) is 18.4. The molecule has 0 unspecified atom stereocenters. The summed E-state index contributed by atoms with van der Waals surface area (Å²) in [5.74, 6) is 2.07. The van der Waals surface area contributed by atoms with Gasteiger partial charge in [-0.1, -0.05) is 12.1 Å². The molecule has 0 spiro atoms. The molecule has 0 radical (unpaired) electrons. The summed E-state index contributed by atoms with van der Waals surface area (Å²) < 4.78 is 12.2. The predicted octanol–water partition coefficient (Wildman–Crippen LogP) is 3.52. The summed E-state index contributed by atoms with van der Waals surface area (Å²) in [5, 5.41) is 15.9. The van der Waals surface area contributed by atoms with Gasteiger partial charge in [-0.15, -0.1) is 5.10 Å². The van der Waals surface area contributed by atoms with E-state index in [-0.39, 0.29) is 17.8 Å². The van der Waals surface area contributed by atoms with E-state index < -0.39 is 0 Å². The molecule has 0 saturated heterocycles. The van der Waals surface area contributed by atoms with E-state index in [2.05, 4.69) is 25.6 Å². The third-order valence-corrected chi connectivity index (χ3v) is 5.72. The fraction of sp³-hybridized carbons (Fsp3) is 0.208. The summed E-state index contributed by atoms with van der Waals surface area (Å²) in [6.07, 6.45) is 1.91. The monoisotopic (exact) mass is 442 g/mol. The molecule has 4 aromatic rings. The van der Waals surface area contributed by atoms with E-state index in [0.717, 1.165) is 33.9 Å². The van der Waals surface area contributed by atoms with Gasteiger partial charge in [0, 0.05) is 23.5 Å². The quantitative estimate of drug-likeness (QED) is 0.504.